The first-order chi connectivity index (χ1) is 12.1. The van der Waals surface area contributed by atoms with Gasteiger partial charge in [0, 0.05) is 36.4 Å². The average Bonchev–Trinajstić information content (AvgIpc) is 3.28. The Balaban J connectivity index is 1.62. The van der Waals surface area contributed by atoms with Crippen molar-refractivity contribution in [2.45, 2.75) is 25.2 Å². The van der Waals surface area contributed by atoms with Crippen molar-refractivity contribution in [3.63, 3.8) is 0 Å². The van der Waals surface area contributed by atoms with Crippen molar-refractivity contribution in [2.75, 3.05) is 33.0 Å². The number of carbonyl (C=O) groups excluding carboxylic acids is 1. The zero-order valence-electron chi connectivity index (χ0n) is 14.5. The molecule has 1 amide bonds. The topological polar surface area (TPSA) is 77.7 Å². The maximum absolute atomic E-state index is 12.5. The van der Waals surface area contributed by atoms with Crippen LogP contribution in [-0.4, -0.2) is 43.1 Å². The molecule has 1 aromatic carbocycles. The fourth-order valence-corrected chi connectivity index (χ4v) is 3.83. The smallest absolute Gasteiger partial charge is 0.222 e. The number of amides is 1. The molecule has 25 heavy (non-hydrogen) atoms. The van der Waals surface area contributed by atoms with E-state index < -0.39 is 0 Å². The number of aryl methyl sites for hydroxylation is 1. The lowest BCUT2D eigenvalue weighted by Crippen LogP contribution is -2.28. The molecule has 3 rings (SSSR count). The van der Waals surface area contributed by atoms with E-state index >= 15 is 0 Å². The standard InChI is InChI=1S/C18H23N3O3S/c1-23-14-4-5-16(24-2)15(9-14)12-7-8-21(10-12)17(22)6-3-13-11-25-18(19)20-13/h4-5,9,11-12H,3,6-8,10H2,1-2H3,(H2,19,20)/t12-/m1/s1. The molecule has 0 aliphatic carbocycles. The Morgan fingerprint density at radius 3 is 2.92 bits per heavy atom. The number of carbonyl (C=O) groups is 1. The maximum Gasteiger partial charge on any atom is 0.222 e. The van der Waals surface area contributed by atoms with E-state index in [0.717, 1.165) is 35.7 Å². The number of hydrogen-bond acceptors (Lipinski definition) is 6. The summed E-state index contributed by atoms with van der Waals surface area (Å²) in [4.78, 5) is 18.6. The van der Waals surface area contributed by atoms with Crippen molar-refractivity contribution < 1.29 is 14.3 Å². The van der Waals surface area contributed by atoms with Crippen LogP contribution in [0.3, 0.4) is 0 Å². The quantitative estimate of drug-likeness (QED) is 0.856. The van der Waals surface area contributed by atoms with E-state index in [1.165, 1.54) is 11.3 Å². The van der Waals surface area contributed by atoms with E-state index in [-0.39, 0.29) is 11.8 Å². The predicted octanol–water partition coefficient (Wildman–Crippen LogP) is 2.69. The van der Waals surface area contributed by atoms with Gasteiger partial charge in [-0.3, -0.25) is 4.79 Å². The maximum atomic E-state index is 12.5. The normalized spacial score (nSPS) is 16.9. The minimum absolute atomic E-state index is 0.163. The Morgan fingerprint density at radius 1 is 1.40 bits per heavy atom. The van der Waals surface area contributed by atoms with Gasteiger partial charge in [0.25, 0.3) is 0 Å². The lowest BCUT2D eigenvalue weighted by molar-refractivity contribution is -0.130. The number of rotatable bonds is 6. The summed E-state index contributed by atoms with van der Waals surface area (Å²) in [6.45, 7) is 1.48. The molecule has 1 aromatic heterocycles. The Labute approximate surface area is 151 Å². The fraction of sp³-hybridized carbons (Fsp3) is 0.444. The van der Waals surface area contributed by atoms with Crippen LogP contribution >= 0.6 is 11.3 Å². The van der Waals surface area contributed by atoms with Crippen LogP contribution in [0.1, 0.15) is 30.0 Å². The van der Waals surface area contributed by atoms with Crippen LogP contribution in [0, 0.1) is 0 Å². The molecule has 1 atom stereocenters. The summed E-state index contributed by atoms with van der Waals surface area (Å²) in [7, 11) is 3.32. The molecule has 0 spiro atoms. The number of benzene rings is 1. The third-order valence-corrected chi connectivity index (χ3v) is 5.30. The van der Waals surface area contributed by atoms with Gasteiger partial charge in [-0.1, -0.05) is 0 Å². The second kappa shape index (κ2) is 7.74. The van der Waals surface area contributed by atoms with Crippen LogP contribution in [0.5, 0.6) is 11.5 Å². The molecule has 0 unspecified atom stereocenters. The van der Waals surface area contributed by atoms with Crippen molar-refractivity contribution in [1.82, 2.24) is 9.88 Å². The van der Waals surface area contributed by atoms with Crippen LogP contribution < -0.4 is 15.2 Å². The summed E-state index contributed by atoms with van der Waals surface area (Å²) in [6.07, 6.45) is 2.03. The number of aromatic nitrogens is 1. The third kappa shape index (κ3) is 4.04. The van der Waals surface area contributed by atoms with E-state index in [1.54, 1.807) is 14.2 Å². The summed E-state index contributed by atoms with van der Waals surface area (Å²) < 4.78 is 10.8. The van der Waals surface area contributed by atoms with E-state index in [0.29, 0.717) is 24.5 Å². The monoisotopic (exact) mass is 361 g/mol. The summed E-state index contributed by atoms with van der Waals surface area (Å²) in [5.41, 5.74) is 7.62. The second-order valence-electron chi connectivity index (χ2n) is 6.11. The Hall–Kier alpha value is -2.28. The number of nitrogens with two attached hydrogens (primary N) is 1. The number of likely N-dealkylation sites (tertiary alicyclic amines) is 1. The van der Waals surface area contributed by atoms with Gasteiger partial charge in [-0.2, -0.15) is 0 Å². The zero-order valence-corrected chi connectivity index (χ0v) is 15.3. The van der Waals surface area contributed by atoms with E-state index in [2.05, 4.69) is 4.98 Å². The first-order valence-corrected chi connectivity index (χ1v) is 9.18. The Bertz CT molecular complexity index is 747. The van der Waals surface area contributed by atoms with Gasteiger partial charge in [0.1, 0.15) is 11.5 Å². The lowest BCUT2D eigenvalue weighted by atomic mass is 9.97. The highest BCUT2D eigenvalue weighted by molar-refractivity contribution is 7.13. The molecular weight excluding hydrogens is 338 g/mol. The number of hydrogen-bond donors (Lipinski definition) is 1. The summed E-state index contributed by atoms with van der Waals surface area (Å²) >= 11 is 1.41. The van der Waals surface area contributed by atoms with E-state index in [9.17, 15) is 4.79 Å². The number of nitrogens with zero attached hydrogens (tertiary/aromatic N) is 2. The number of methoxy groups -OCH3 is 2. The van der Waals surface area contributed by atoms with Crippen LogP contribution in [0.15, 0.2) is 23.6 Å². The van der Waals surface area contributed by atoms with Crippen molar-refractivity contribution in [3.8, 4) is 11.5 Å². The molecule has 6 nitrogen and oxygen atoms in total. The molecular formula is C18H23N3O3S. The fourth-order valence-electron chi connectivity index (χ4n) is 3.23. The van der Waals surface area contributed by atoms with Crippen molar-refractivity contribution in [2.24, 2.45) is 0 Å². The highest BCUT2D eigenvalue weighted by Crippen LogP contribution is 2.36. The minimum atomic E-state index is 0.163. The molecule has 1 fully saturated rings. The molecule has 2 aromatic rings. The molecule has 1 aliphatic rings. The highest BCUT2D eigenvalue weighted by Gasteiger charge is 2.29. The summed E-state index contributed by atoms with van der Waals surface area (Å²) in [5.74, 6) is 2.08. The Kier molecular flexibility index (Phi) is 5.43. The first-order valence-electron chi connectivity index (χ1n) is 8.30. The third-order valence-electron chi connectivity index (χ3n) is 4.58. The molecule has 2 N–H and O–H groups in total. The summed E-state index contributed by atoms with van der Waals surface area (Å²) in [5, 5.41) is 2.46. The molecule has 1 saturated heterocycles. The van der Waals surface area contributed by atoms with Gasteiger partial charge in [-0.25, -0.2) is 4.98 Å². The van der Waals surface area contributed by atoms with Gasteiger partial charge in [0.2, 0.25) is 5.91 Å². The van der Waals surface area contributed by atoms with Crippen LogP contribution in [0.25, 0.3) is 0 Å². The zero-order chi connectivity index (χ0) is 17.8. The molecule has 2 heterocycles. The van der Waals surface area contributed by atoms with Crippen LogP contribution in [0.4, 0.5) is 5.13 Å². The molecule has 7 heteroatoms. The average molecular weight is 361 g/mol. The van der Waals surface area contributed by atoms with Crippen LogP contribution in [-0.2, 0) is 11.2 Å². The molecule has 0 radical (unpaired) electrons. The lowest BCUT2D eigenvalue weighted by Gasteiger charge is -2.18. The Morgan fingerprint density at radius 2 is 2.24 bits per heavy atom. The molecule has 0 saturated carbocycles. The van der Waals surface area contributed by atoms with Gasteiger partial charge in [-0.05, 0) is 31.0 Å². The van der Waals surface area contributed by atoms with E-state index in [4.69, 9.17) is 15.2 Å². The number of ether oxygens (including phenoxy) is 2. The van der Waals surface area contributed by atoms with Crippen molar-refractivity contribution in [1.29, 1.82) is 0 Å². The van der Waals surface area contributed by atoms with Gasteiger partial charge in [0.15, 0.2) is 5.13 Å². The minimum Gasteiger partial charge on any atom is -0.497 e. The largest absolute Gasteiger partial charge is 0.497 e. The van der Waals surface area contributed by atoms with Gasteiger partial charge >= 0.3 is 0 Å². The van der Waals surface area contributed by atoms with Crippen molar-refractivity contribution in [3.05, 3.63) is 34.8 Å². The van der Waals surface area contributed by atoms with Gasteiger partial charge in [-0.15, -0.1) is 11.3 Å². The SMILES string of the molecule is COc1ccc(OC)c([C@@H]2CCN(C(=O)CCc3csc(N)n3)C2)c1. The number of anilines is 1. The first kappa shape index (κ1) is 17.5. The molecule has 0 bridgehead atoms. The predicted molar refractivity (Wildman–Crippen MR) is 98.3 cm³/mol. The summed E-state index contributed by atoms with van der Waals surface area (Å²) in [6, 6.07) is 5.82. The molecule has 134 valence electrons. The number of nitrogen functional groups attached to an aromatic ring is 1. The highest BCUT2D eigenvalue weighted by atomic mass is 32.1. The van der Waals surface area contributed by atoms with Gasteiger partial charge in [0.05, 0.1) is 19.9 Å². The number of thiazole rings is 1. The van der Waals surface area contributed by atoms with Gasteiger partial charge < -0.3 is 20.1 Å². The van der Waals surface area contributed by atoms with E-state index in [1.807, 2.05) is 28.5 Å². The molecule has 1 aliphatic heterocycles. The van der Waals surface area contributed by atoms with Crippen molar-refractivity contribution >= 4 is 22.4 Å². The van der Waals surface area contributed by atoms with Crippen LogP contribution in [0.2, 0.25) is 0 Å². The second-order valence-corrected chi connectivity index (χ2v) is 7.00.